The largest absolute Gasteiger partial charge is 0.416 e. The molecule has 0 aliphatic rings. The van der Waals surface area contributed by atoms with Gasteiger partial charge in [0.15, 0.2) is 0 Å². The molecular formula is C15H11BrClF3N2O. The molecule has 0 aliphatic carbocycles. The van der Waals surface area contributed by atoms with Crippen LogP contribution >= 0.6 is 27.5 Å². The number of benzene rings is 2. The summed E-state index contributed by atoms with van der Waals surface area (Å²) < 4.78 is 38.9. The molecule has 3 nitrogen and oxygen atoms in total. The van der Waals surface area contributed by atoms with E-state index in [0.717, 1.165) is 18.2 Å². The maximum absolute atomic E-state index is 12.7. The molecule has 23 heavy (non-hydrogen) atoms. The summed E-state index contributed by atoms with van der Waals surface area (Å²) in [6.45, 7) is 0. The average Bonchev–Trinajstić information content (AvgIpc) is 2.48. The summed E-state index contributed by atoms with van der Waals surface area (Å²) in [5.74, 6) is 0. The number of hydrogen-bond acceptors (Lipinski definition) is 1. The zero-order chi connectivity index (χ0) is 17.2. The van der Waals surface area contributed by atoms with E-state index >= 15 is 0 Å². The number of para-hydroxylation sites is 1. The predicted molar refractivity (Wildman–Crippen MR) is 88.0 cm³/mol. The van der Waals surface area contributed by atoms with Crippen LogP contribution in [0.1, 0.15) is 5.56 Å². The van der Waals surface area contributed by atoms with Crippen LogP contribution in [0.15, 0.2) is 46.9 Å². The Balaban J connectivity index is 2.25. The number of halogens is 5. The number of hydrogen-bond donors (Lipinski definition) is 1. The van der Waals surface area contributed by atoms with Gasteiger partial charge >= 0.3 is 12.2 Å². The van der Waals surface area contributed by atoms with Gasteiger partial charge in [-0.2, -0.15) is 13.2 Å². The summed E-state index contributed by atoms with van der Waals surface area (Å²) in [4.78, 5) is 13.5. The maximum Gasteiger partial charge on any atom is 0.416 e. The van der Waals surface area contributed by atoms with Crippen molar-refractivity contribution in [1.82, 2.24) is 0 Å². The van der Waals surface area contributed by atoms with Crippen molar-refractivity contribution in [3.05, 3.63) is 57.5 Å². The second-order valence-corrected chi connectivity index (χ2v) is 5.89. The summed E-state index contributed by atoms with van der Waals surface area (Å²) >= 11 is 9.17. The van der Waals surface area contributed by atoms with Gasteiger partial charge in [-0.15, -0.1) is 0 Å². The molecule has 1 N–H and O–H groups in total. The van der Waals surface area contributed by atoms with Crippen molar-refractivity contribution in [2.24, 2.45) is 0 Å². The van der Waals surface area contributed by atoms with Crippen molar-refractivity contribution in [3.8, 4) is 0 Å². The summed E-state index contributed by atoms with van der Waals surface area (Å²) in [7, 11) is 1.50. The third-order valence-corrected chi connectivity index (χ3v) is 4.05. The highest BCUT2D eigenvalue weighted by molar-refractivity contribution is 9.10. The first kappa shape index (κ1) is 17.6. The zero-order valence-corrected chi connectivity index (χ0v) is 14.1. The summed E-state index contributed by atoms with van der Waals surface area (Å²) in [6.07, 6.45) is -4.52. The van der Waals surface area contributed by atoms with E-state index in [9.17, 15) is 18.0 Å². The van der Waals surface area contributed by atoms with E-state index in [1.807, 2.05) is 0 Å². The number of alkyl halides is 3. The molecule has 0 atom stereocenters. The van der Waals surface area contributed by atoms with Crippen LogP contribution in [0.4, 0.5) is 29.3 Å². The topological polar surface area (TPSA) is 32.3 Å². The molecule has 0 spiro atoms. The number of urea groups is 1. The van der Waals surface area contributed by atoms with Gasteiger partial charge in [-0.1, -0.05) is 23.7 Å². The van der Waals surface area contributed by atoms with Gasteiger partial charge in [0.1, 0.15) is 0 Å². The lowest BCUT2D eigenvalue weighted by Gasteiger charge is -2.20. The molecule has 0 fully saturated rings. The fraction of sp³-hybridized carbons (Fsp3) is 0.133. The van der Waals surface area contributed by atoms with Gasteiger partial charge in [-0.3, -0.25) is 4.90 Å². The van der Waals surface area contributed by atoms with Gasteiger partial charge in [-0.05, 0) is 46.3 Å². The Kier molecular flexibility index (Phi) is 5.21. The minimum Gasteiger partial charge on any atom is -0.306 e. The molecule has 2 aromatic carbocycles. The Labute approximate surface area is 144 Å². The van der Waals surface area contributed by atoms with Crippen LogP contribution in [-0.4, -0.2) is 13.1 Å². The second-order valence-electron chi connectivity index (χ2n) is 4.63. The first-order chi connectivity index (χ1) is 10.7. The van der Waals surface area contributed by atoms with Crippen LogP contribution in [0.3, 0.4) is 0 Å². The SMILES string of the molecule is CN(C(=O)Nc1cc(C(F)(F)F)ccc1Cl)c1ccccc1Br. The number of rotatable bonds is 2. The second kappa shape index (κ2) is 6.80. The Morgan fingerprint density at radius 2 is 1.87 bits per heavy atom. The predicted octanol–water partition coefficient (Wildman–Crippen LogP) is 5.79. The van der Waals surface area contributed by atoms with E-state index in [1.54, 1.807) is 24.3 Å². The molecule has 2 aromatic rings. The maximum atomic E-state index is 12.7. The molecule has 0 aromatic heterocycles. The third-order valence-electron chi connectivity index (χ3n) is 3.05. The average molecular weight is 408 g/mol. The number of carbonyl (C=O) groups excluding carboxylic acids is 1. The van der Waals surface area contributed by atoms with Crippen LogP contribution in [0, 0.1) is 0 Å². The van der Waals surface area contributed by atoms with Crippen molar-refractivity contribution < 1.29 is 18.0 Å². The van der Waals surface area contributed by atoms with E-state index < -0.39 is 17.8 Å². The van der Waals surface area contributed by atoms with Crippen molar-refractivity contribution in [2.45, 2.75) is 6.18 Å². The normalized spacial score (nSPS) is 11.2. The van der Waals surface area contributed by atoms with Crippen LogP contribution in [0.2, 0.25) is 5.02 Å². The lowest BCUT2D eigenvalue weighted by atomic mass is 10.2. The summed E-state index contributed by atoms with van der Waals surface area (Å²) in [5.41, 5.74) is -0.431. The highest BCUT2D eigenvalue weighted by Crippen LogP contribution is 2.34. The van der Waals surface area contributed by atoms with Crippen molar-refractivity contribution in [3.63, 3.8) is 0 Å². The Morgan fingerprint density at radius 3 is 2.48 bits per heavy atom. The standard InChI is InChI=1S/C15H11BrClF3N2O/c1-22(13-5-3-2-4-10(13)16)14(23)21-12-8-9(15(18,19)20)6-7-11(12)17/h2-8H,1H3,(H,21,23). The molecule has 0 unspecified atom stereocenters. The minimum atomic E-state index is -4.52. The molecule has 0 saturated heterocycles. The third kappa shape index (κ3) is 4.17. The molecule has 122 valence electrons. The number of nitrogens with one attached hydrogen (secondary N) is 1. The Hall–Kier alpha value is -1.73. The van der Waals surface area contributed by atoms with Gasteiger partial charge in [0, 0.05) is 11.5 Å². The van der Waals surface area contributed by atoms with Gasteiger partial charge in [0.05, 0.1) is 22.0 Å². The van der Waals surface area contributed by atoms with E-state index in [0.29, 0.717) is 10.2 Å². The lowest BCUT2D eigenvalue weighted by molar-refractivity contribution is -0.137. The quantitative estimate of drug-likeness (QED) is 0.671. The van der Waals surface area contributed by atoms with Gasteiger partial charge in [0.2, 0.25) is 0 Å². The summed E-state index contributed by atoms with van der Waals surface area (Å²) in [5, 5.41) is 2.40. The van der Waals surface area contributed by atoms with Crippen LogP contribution in [-0.2, 0) is 6.18 Å². The van der Waals surface area contributed by atoms with E-state index in [-0.39, 0.29) is 10.7 Å². The zero-order valence-electron chi connectivity index (χ0n) is 11.8. The van der Waals surface area contributed by atoms with Crippen LogP contribution in [0.25, 0.3) is 0 Å². The molecule has 0 aliphatic heterocycles. The molecule has 0 radical (unpaired) electrons. The number of carbonyl (C=O) groups is 1. The first-order valence-corrected chi connectivity index (χ1v) is 7.53. The van der Waals surface area contributed by atoms with Crippen molar-refractivity contribution in [2.75, 3.05) is 17.3 Å². The number of nitrogens with zero attached hydrogens (tertiary/aromatic N) is 1. The van der Waals surface area contributed by atoms with Crippen molar-refractivity contribution >= 4 is 44.9 Å². The van der Waals surface area contributed by atoms with E-state index in [4.69, 9.17) is 11.6 Å². The summed E-state index contributed by atoms with van der Waals surface area (Å²) in [6, 6.07) is 9.10. The first-order valence-electron chi connectivity index (χ1n) is 6.36. The van der Waals surface area contributed by atoms with Crippen molar-refractivity contribution in [1.29, 1.82) is 0 Å². The minimum absolute atomic E-state index is 0.0203. The molecule has 2 rings (SSSR count). The van der Waals surface area contributed by atoms with E-state index in [2.05, 4.69) is 21.2 Å². The van der Waals surface area contributed by atoms with Gasteiger partial charge in [-0.25, -0.2) is 4.79 Å². The molecule has 0 saturated carbocycles. The van der Waals surface area contributed by atoms with Crippen LogP contribution < -0.4 is 10.2 Å². The Bertz CT molecular complexity index is 737. The van der Waals surface area contributed by atoms with E-state index in [1.165, 1.54) is 11.9 Å². The molecule has 0 bridgehead atoms. The van der Waals surface area contributed by atoms with Gasteiger partial charge in [0.25, 0.3) is 0 Å². The fourth-order valence-electron chi connectivity index (χ4n) is 1.83. The van der Waals surface area contributed by atoms with Crippen LogP contribution in [0.5, 0.6) is 0 Å². The van der Waals surface area contributed by atoms with Gasteiger partial charge < -0.3 is 5.32 Å². The monoisotopic (exact) mass is 406 g/mol. The smallest absolute Gasteiger partial charge is 0.306 e. The molecule has 0 heterocycles. The fourth-order valence-corrected chi connectivity index (χ4v) is 2.55. The highest BCUT2D eigenvalue weighted by atomic mass is 79.9. The Morgan fingerprint density at radius 1 is 1.22 bits per heavy atom. The number of amides is 2. The molecule has 2 amide bonds. The number of anilines is 2. The highest BCUT2D eigenvalue weighted by Gasteiger charge is 2.31. The molecular weight excluding hydrogens is 397 g/mol. The lowest BCUT2D eigenvalue weighted by Crippen LogP contribution is -2.31. The molecule has 8 heteroatoms.